The van der Waals surface area contributed by atoms with E-state index in [2.05, 4.69) is 14.7 Å². The Bertz CT molecular complexity index is 1280. The van der Waals surface area contributed by atoms with Crippen LogP contribution in [-0.2, 0) is 27.5 Å². The van der Waals surface area contributed by atoms with E-state index in [1.54, 1.807) is 4.90 Å². The van der Waals surface area contributed by atoms with Crippen molar-refractivity contribution in [1.82, 2.24) is 19.6 Å². The largest absolute Gasteiger partial charge is 0.416 e. The van der Waals surface area contributed by atoms with Gasteiger partial charge in [0.1, 0.15) is 0 Å². The first-order valence-corrected chi connectivity index (χ1v) is 14.0. The zero-order chi connectivity index (χ0) is 27.7. The molecule has 0 saturated carbocycles. The van der Waals surface area contributed by atoms with Gasteiger partial charge in [-0.1, -0.05) is 6.07 Å². The van der Waals surface area contributed by atoms with E-state index in [1.165, 1.54) is 24.4 Å². The Hall–Kier alpha value is -3.33. The van der Waals surface area contributed by atoms with Crippen molar-refractivity contribution < 1.29 is 31.2 Å². The average molecular weight is 558 g/mol. The van der Waals surface area contributed by atoms with Crippen LogP contribution in [0.5, 0.6) is 0 Å². The number of nitrogens with zero attached hydrogens (tertiary/aromatic N) is 5. The average Bonchev–Trinajstić information content (AvgIpc) is 3.30. The van der Waals surface area contributed by atoms with E-state index in [9.17, 15) is 31.2 Å². The maximum atomic E-state index is 13.5. The number of hydrogen-bond acceptors (Lipinski definition) is 7. The highest BCUT2D eigenvalue weighted by Crippen LogP contribution is 2.35. The van der Waals surface area contributed by atoms with Gasteiger partial charge in [0, 0.05) is 69.7 Å². The second-order valence-corrected chi connectivity index (χ2v) is 11.3. The third-order valence-electron chi connectivity index (χ3n) is 6.76. The summed E-state index contributed by atoms with van der Waals surface area (Å²) >= 11 is 0. The Morgan fingerprint density at radius 1 is 1.08 bits per heavy atom. The lowest BCUT2D eigenvalue weighted by Gasteiger charge is -2.37. The summed E-state index contributed by atoms with van der Waals surface area (Å²) in [5, 5.41) is 3.96. The van der Waals surface area contributed by atoms with Crippen LogP contribution >= 0.6 is 0 Å². The van der Waals surface area contributed by atoms with Crippen LogP contribution in [0.4, 0.5) is 29.5 Å². The van der Waals surface area contributed by atoms with Crippen LogP contribution < -0.4 is 15.4 Å². The number of rotatable bonds is 6. The Balaban J connectivity index is 1.42. The minimum Gasteiger partial charge on any atom is -0.371 e. The summed E-state index contributed by atoms with van der Waals surface area (Å²) in [4.78, 5) is 29.8. The highest BCUT2D eigenvalue weighted by Gasteiger charge is 2.33. The zero-order valence-corrected chi connectivity index (χ0v) is 21.6. The van der Waals surface area contributed by atoms with E-state index in [-0.39, 0.29) is 17.6 Å². The predicted molar refractivity (Wildman–Crippen MR) is 134 cm³/mol. The SMILES string of the molecule is CS(=O)(=O)Nc1ccn(C(=O)N2CCN(Cc3ccc(C(F)(F)F)cc3N3CCC(C(N)=O)CC3)CC2)n1. The molecule has 0 atom stereocenters. The number of aromatic nitrogens is 2. The van der Waals surface area contributed by atoms with Crippen LogP contribution in [0, 0.1) is 5.92 Å². The molecule has 2 aliphatic rings. The smallest absolute Gasteiger partial charge is 0.371 e. The van der Waals surface area contributed by atoms with Crippen molar-refractivity contribution >= 4 is 33.5 Å². The Kier molecular flexibility index (Phi) is 7.88. The number of hydrogen-bond donors (Lipinski definition) is 2. The van der Waals surface area contributed by atoms with Crippen LogP contribution in [0.3, 0.4) is 0 Å². The summed E-state index contributed by atoms with van der Waals surface area (Å²) < 4.78 is 66.4. The molecule has 11 nitrogen and oxygen atoms in total. The first kappa shape index (κ1) is 27.7. The lowest BCUT2D eigenvalue weighted by atomic mass is 9.95. The molecule has 0 bridgehead atoms. The number of piperazine rings is 1. The van der Waals surface area contributed by atoms with E-state index in [1.807, 2.05) is 4.90 Å². The molecule has 2 saturated heterocycles. The van der Waals surface area contributed by atoms with Crippen molar-refractivity contribution in [2.45, 2.75) is 25.6 Å². The van der Waals surface area contributed by atoms with Crippen molar-refractivity contribution in [1.29, 1.82) is 0 Å². The van der Waals surface area contributed by atoms with E-state index in [0.29, 0.717) is 64.3 Å². The topological polar surface area (TPSA) is 134 Å². The molecule has 0 unspecified atom stereocenters. The second kappa shape index (κ2) is 10.8. The molecule has 0 aliphatic carbocycles. The minimum atomic E-state index is -4.48. The molecular weight excluding hydrogens is 527 g/mol. The summed E-state index contributed by atoms with van der Waals surface area (Å²) in [6.07, 6.45) is -1.15. The molecule has 2 aromatic rings. The molecule has 4 rings (SSSR count). The van der Waals surface area contributed by atoms with Gasteiger partial charge in [0.15, 0.2) is 5.82 Å². The lowest BCUT2D eigenvalue weighted by molar-refractivity contribution is -0.137. The third-order valence-corrected chi connectivity index (χ3v) is 7.34. The Morgan fingerprint density at radius 3 is 2.32 bits per heavy atom. The second-order valence-electron chi connectivity index (χ2n) is 9.57. The molecule has 3 heterocycles. The maximum Gasteiger partial charge on any atom is 0.416 e. The number of carbonyl (C=O) groups is 2. The molecule has 3 N–H and O–H groups in total. The molecule has 1 aromatic carbocycles. The van der Waals surface area contributed by atoms with Crippen molar-refractivity contribution in [3.05, 3.63) is 41.6 Å². The number of alkyl halides is 3. The van der Waals surface area contributed by atoms with Crippen LogP contribution in [-0.4, -0.2) is 85.5 Å². The Morgan fingerprint density at radius 2 is 1.74 bits per heavy atom. The summed E-state index contributed by atoms with van der Waals surface area (Å²) in [5.74, 6) is -0.632. The highest BCUT2D eigenvalue weighted by atomic mass is 32.2. The van der Waals surface area contributed by atoms with Crippen molar-refractivity contribution in [2.75, 3.05) is 55.1 Å². The van der Waals surface area contributed by atoms with Gasteiger partial charge in [-0.2, -0.15) is 17.9 Å². The number of piperidine rings is 1. The van der Waals surface area contributed by atoms with Crippen molar-refractivity contribution in [3.8, 4) is 0 Å². The predicted octanol–water partition coefficient (Wildman–Crippen LogP) is 1.76. The molecule has 0 spiro atoms. The monoisotopic (exact) mass is 557 g/mol. The quantitative estimate of drug-likeness (QED) is 0.553. The molecule has 0 radical (unpaired) electrons. The molecule has 2 amide bonds. The normalized spacial score (nSPS) is 18.0. The number of anilines is 2. The van der Waals surface area contributed by atoms with Gasteiger partial charge in [-0.25, -0.2) is 13.2 Å². The van der Waals surface area contributed by atoms with Gasteiger partial charge in [0.25, 0.3) is 0 Å². The first-order valence-electron chi connectivity index (χ1n) is 12.1. The fourth-order valence-electron chi connectivity index (χ4n) is 4.73. The van der Waals surface area contributed by atoms with Crippen LogP contribution in [0.25, 0.3) is 0 Å². The molecule has 1 aromatic heterocycles. The van der Waals surface area contributed by atoms with Gasteiger partial charge >= 0.3 is 12.2 Å². The standard InChI is InChI=1S/C23H30F3N7O4S/c1-38(36,37)29-20-6-9-33(28-20)22(35)32-12-10-30(11-13-32)15-17-2-3-18(23(24,25)26)14-19(17)31-7-4-16(5-8-31)21(27)34/h2-3,6,9,14,16H,4-5,7-8,10-13,15H2,1H3,(H2,27,34)(H,28,29). The zero-order valence-electron chi connectivity index (χ0n) is 20.8. The number of halogens is 3. The third kappa shape index (κ3) is 6.75. The maximum absolute atomic E-state index is 13.5. The molecule has 2 aliphatic heterocycles. The van der Waals surface area contributed by atoms with Crippen LogP contribution in [0.2, 0.25) is 0 Å². The van der Waals surface area contributed by atoms with E-state index >= 15 is 0 Å². The summed E-state index contributed by atoms with van der Waals surface area (Å²) in [7, 11) is -3.52. The lowest BCUT2D eigenvalue weighted by Crippen LogP contribution is -2.49. The first-order chi connectivity index (χ1) is 17.8. The van der Waals surface area contributed by atoms with E-state index in [0.717, 1.165) is 22.6 Å². The van der Waals surface area contributed by atoms with Crippen molar-refractivity contribution in [2.24, 2.45) is 11.7 Å². The Labute approximate surface area is 218 Å². The molecule has 15 heteroatoms. The van der Waals surface area contributed by atoms with Gasteiger partial charge in [0.05, 0.1) is 11.8 Å². The molecule has 208 valence electrons. The van der Waals surface area contributed by atoms with Gasteiger partial charge in [-0.3, -0.25) is 14.4 Å². The van der Waals surface area contributed by atoms with E-state index < -0.39 is 27.8 Å². The minimum absolute atomic E-state index is 0.0363. The number of carbonyl (C=O) groups excluding carboxylic acids is 2. The summed E-state index contributed by atoms with van der Waals surface area (Å²) in [6, 6.07) is 4.72. The number of sulfonamides is 1. The van der Waals surface area contributed by atoms with Gasteiger partial charge in [-0.05, 0) is 30.5 Å². The summed E-state index contributed by atoms with van der Waals surface area (Å²) in [5.41, 5.74) is 5.90. The van der Waals surface area contributed by atoms with Crippen molar-refractivity contribution in [3.63, 3.8) is 0 Å². The number of amides is 2. The highest BCUT2D eigenvalue weighted by molar-refractivity contribution is 7.92. The van der Waals surface area contributed by atoms with Crippen LogP contribution in [0.1, 0.15) is 24.0 Å². The van der Waals surface area contributed by atoms with Gasteiger partial charge in [0.2, 0.25) is 15.9 Å². The molecule has 2 fully saturated rings. The van der Waals surface area contributed by atoms with Gasteiger partial charge in [-0.15, -0.1) is 5.10 Å². The number of benzene rings is 1. The fourth-order valence-corrected chi connectivity index (χ4v) is 5.22. The summed E-state index contributed by atoms with van der Waals surface area (Å²) in [6.45, 7) is 2.99. The molecular formula is C23H30F3N7O4S. The van der Waals surface area contributed by atoms with E-state index in [4.69, 9.17) is 5.73 Å². The van der Waals surface area contributed by atoms with Crippen LogP contribution in [0.15, 0.2) is 30.5 Å². The number of nitrogens with two attached hydrogens (primary N) is 1. The number of nitrogens with one attached hydrogen (secondary N) is 1. The number of primary amides is 1. The van der Waals surface area contributed by atoms with Gasteiger partial charge < -0.3 is 15.5 Å². The fraction of sp³-hybridized carbons (Fsp3) is 0.522. The molecule has 38 heavy (non-hydrogen) atoms.